The lowest BCUT2D eigenvalue weighted by molar-refractivity contribution is 0.415. The summed E-state index contributed by atoms with van der Waals surface area (Å²) in [7, 11) is 0. The van der Waals surface area contributed by atoms with Crippen molar-refractivity contribution < 1.29 is 0 Å². The molecule has 1 fully saturated rings. The summed E-state index contributed by atoms with van der Waals surface area (Å²) < 4.78 is 0. The van der Waals surface area contributed by atoms with E-state index in [1.54, 1.807) is 0 Å². The molecular formula is C12H18N2. The summed E-state index contributed by atoms with van der Waals surface area (Å²) in [5.41, 5.74) is 7.48. The lowest BCUT2D eigenvalue weighted by Crippen LogP contribution is -2.39. The molecule has 2 atom stereocenters. The molecule has 76 valence electrons. The molecule has 0 radical (unpaired) electrons. The van der Waals surface area contributed by atoms with Crippen LogP contribution in [0.15, 0.2) is 24.4 Å². The molecule has 2 heteroatoms. The summed E-state index contributed by atoms with van der Waals surface area (Å²) in [6, 6.07) is 6.05. The van der Waals surface area contributed by atoms with Crippen LogP contribution >= 0.6 is 0 Å². The van der Waals surface area contributed by atoms with Gasteiger partial charge in [-0.15, -0.1) is 0 Å². The van der Waals surface area contributed by atoms with Crippen molar-refractivity contribution in [1.82, 2.24) is 4.98 Å². The molecule has 1 aromatic heterocycles. The topological polar surface area (TPSA) is 38.9 Å². The maximum Gasteiger partial charge on any atom is 0.0421 e. The average Bonchev–Trinajstić information content (AvgIpc) is 2.47. The first-order valence-corrected chi connectivity index (χ1v) is 5.37. The molecule has 1 aromatic rings. The lowest BCUT2D eigenvalue weighted by Gasteiger charge is -2.23. The Bertz CT molecular complexity index is 296. The maximum absolute atomic E-state index is 6.34. The highest BCUT2D eigenvalue weighted by Gasteiger charge is 2.33. The third-order valence-corrected chi connectivity index (χ3v) is 3.15. The summed E-state index contributed by atoms with van der Waals surface area (Å²) in [5.74, 6) is 0.781. The van der Waals surface area contributed by atoms with Crippen LogP contribution in [-0.2, 0) is 6.42 Å². The number of hydrogen-bond donors (Lipinski definition) is 1. The molecular weight excluding hydrogens is 172 g/mol. The Morgan fingerprint density at radius 3 is 3.00 bits per heavy atom. The Balaban J connectivity index is 2.04. The van der Waals surface area contributed by atoms with Gasteiger partial charge in [-0.3, -0.25) is 4.98 Å². The van der Waals surface area contributed by atoms with E-state index < -0.39 is 0 Å². The average molecular weight is 190 g/mol. The van der Waals surface area contributed by atoms with Gasteiger partial charge in [0.2, 0.25) is 0 Å². The third-order valence-electron chi connectivity index (χ3n) is 3.15. The van der Waals surface area contributed by atoms with Crippen LogP contribution in [0.5, 0.6) is 0 Å². The molecule has 0 amide bonds. The van der Waals surface area contributed by atoms with E-state index in [-0.39, 0.29) is 5.54 Å². The largest absolute Gasteiger partial charge is 0.325 e. The van der Waals surface area contributed by atoms with Crippen molar-refractivity contribution in [2.45, 2.75) is 38.1 Å². The molecule has 2 rings (SSSR count). The summed E-state index contributed by atoms with van der Waals surface area (Å²) in [6.45, 7) is 2.28. The van der Waals surface area contributed by atoms with Gasteiger partial charge in [0.25, 0.3) is 0 Å². The number of nitrogens with two attached hydrogens (primary N) is 1. The minimum Gasteiger partial charge on any atom is -0.325 e. The van der Waals surface area contributed by atoms with Crippen LogP contribution in [0.25, 0.3) is 0 Å². The van der Waals surface area contributed by atoms with Gasteiger partial charge in [-0.2, -0.15) is 0 Å². The summed E-state index contributed by atoms with van der Waals surface area (Å²) in [4.78, 5) is 4.33. The van der Waals surface area contributed by atoms with Crippen LogP contribution in [0.2, 0.25) is 0 Å². The monoisotopic (exact) mass is 190 g/mol. The second-order valence-corrected chi connectivity index (χ2v) is 4.71. The van der Waals surface area contributed by atoms with Crippen molar-refractivity contribution in [2.24, 2.45) is 11.7 Å². The first-order chi connectivity index (χ1) is 6.68. The van der Waals surface area contributed by atoms with Crippen LogP contribution in [0.3, 0.4) is 0 Å². The van der Waals surface area contributed by atoms with Crippen molar-refractivity contribution in [3.05, 3.63) is 30.1 Å². The van der Waals surface area contributed by atoms with E-state index in [1.165, 1.54) is 6.42 Å². The molecule has 0 spiro atoms. The van der Waals surface area contributed by atoms with Crippen LogP contribution in [-0.4, -0.2) is 10.5 Å². The molecule has 0 saturated heterocycles. The molecule has 1 saturated carbocycles. The zero-order valence-electron chi connectivity index (χ0n) is 8.74. The minimum atomic E-state index is 0.00771. The van der Waals surface area contributed by atoms with Gasteiger partial charge in [0.15, 0.2) is 0 Å². The highest BCUT2D eigenvalue weighted by atomic mass is 14.8. The Morgan fingerprint density at radius 2 is 2.43 bits per heavy atom. The fourth-order valence-electron chi connectivity index (χ4n) is 2.46. The summed E-state index contributed by atoms with van der Waals surface area (Å²) in [6.07, 6.45) is 6.33. The number of rotatable bonds is 2. The molecule has 0 bridgehead atoms. The van der Waals surface area contributed by atoms with Crippen molar-refractivity contribution in [3.63, 3.8) is 0 Å². The van der Waals surface area contributed by atoms with Crippen LogP contribution in [0.4, 0.5) is 0 Å². The van der Waals surface area contributed by atoms with E-state index in [2.05, 4.69) is 18.0 Å². The third kappa shape index (κ3) is 2.13. The van der Waals surface area contributed by atoms with Crippen molar-refractivity contribution in [3.8, 4) is 0 Å². The molecule has 14 heavy (non-hydrogen) atoms. The molecule has 1 aliphatic rings. The summed E-state index contributed by atoms with van der Waals surface area (Å²) in [5, 5.41) is 0. The SMILES string of the molecule is CC1CCC(N)(Cc2ccccn2)C1. The normalized spacial score (nSPS) is 32.0. The standard InChI is InChI=1S/C12H18N2/c1-10-5-6-12(13,8-10)9-11-4-2-3-7-14-11/h2-4,7,10H,5-6,8-9,13H2,1H3. The maximum atomic E-state index is 6.34. The van der Waals surface area contributed by atoms with Crippen LogP contribution in [0.1, 0.15) is 31.9 Å². The van der Waals surface area contributed by atoms with E-state index >= 15 is 0 Å². The van der Waals surface area contributed by atoms with Crippen molar-refractivity contribution in [1.29, 1.82) is 0 Å². The van der Waals surface area contributed by atoms with Gasteiger partial charge in [0.05, 0.1) is 0 Å². The summed E-state index contributed by atoms with van der Waals surface area (Å²) >= 11 is 0. The zero-order valence-corrected chi connectivity index (χ0v) is 8.74. The van der Waals surface area contributed by atoms with Crippen LogP contribution in [0, 0.1) is 5.92 Å². The van der Waals surface area contributed by atoms with E-state index in [9.17, 15) is 0 Å². The Morgan fingerprint density at radius 1 is 1.57 bits per heavy atom. The number of hydrogen-bond acceptors (Lipinski definition) is 2. The highest BCUT2D eigenvalue weighted by Crippen LogP contribution is 2.34. The Hall–Kier alpha value is -0.890. The van der Waals surface area contributed by atoms with E-state index in [0.29, 0.717) is 0 Å². The van der Waals surface area contributed by atoms with E-state index in [4.69, 9.17) is 5.73 Å². The minimum absolute atomic E-state index is 0.00771. The smallest absolute Gasteiger partial charge is 0.0421 e. The molecule has 1 aliphatic carbocycles. The molecule has 0 aliphatic heterocycles. The van der Waals surface area contributed by atoms with Gasteiger partial charge in [-0.05, 0) is 37.3 Å². The molecule has 2 N–H and O–H groups in total. The van der Waals surface area contributed by atoms with E-state index in [0.717, 1.165) is 30.9 Å². The number of nitrogens with zero attached hydrogens (tertiary/aromatic N) is 1. The first-order valence-electron chi connectivity index (χ1n) is 5.37. The Kier molecular flexibility index (Phi) is 2.55. The first kappa shape index (κ1) is 9.66. The van der Waals surface area contributed by atoms with Gasteiger partial charge in [-0.25, -0.2) is 0 Å². The molecule has 2 unspecified atom stereocenters. The van der Waals surface area contributed by atoms with Gasteiger partial charge < -0.3 is 5.73 Å². The predicted molar refractivity (Wildman–Crippen MR) is 57.9 cm³/mol. The highest BCUT2D eigenvalue weighted by molar-refractivity contribution is 5.09. The number of aromatic nitrogens is 1. The molecule has 2 nitrogen and oxygen atoms in total. The fourth-order valence-corrected chi connectivity index (χ4v) is 2.46. The van der Waals surface area contributed by atoms with Crippen molar-refractivity contribution >= 4 is 0 Å². The van der Waals surface area contributed by atoms with Gasteiger partial charge >= 0.3 is 0 Å². The number of pyridine rings is 1. The quantitative estimate of drug-likeness (QED) is 0.776. The fraction of sp³-hybridized carbons (Fsp3) is 0.583. The predicted octanol–water partition coefficient (Wildman–Crippen LogP) is 2.14. The van der Waals surface area contributed by atoms with Crippen molar-refractivity contribution in [2.75, 3.05) is 0 Å². The van der Waals surface area contributed by atoms with Gasteiger partial charge in [0.1, 0.15) is 0 Å². The van der Waals surface area contributed by atoms with Gasteiger partial charge in [0, 0.05) is 23.9 Å². The lowest BCUT2D eigenvalue weighted by atomic mass is 9.91. The second kappa shape index (κ2) is 3.70. The Labute approximate surface area is 85.5 Å². The molecule has 0 aromatic carbocycles. The van der Waals surface area contributed by atoms with Gasteiger partial charge in [-0.1, -0.05) is 13.0 Å². The zero-order chi connectivity index (χ0) is 10.0. The second-order valence-electron chi connectivity index (χ2n) is 4.71. The van der Waals surface area contributed by atoms with E-state index in [1.807, 2.05) is 18.3 Å². The van der Waals surface area contributed by atoms with Crippen LogP contribution < -0.4 is 5.73 Å². The molecule has 1 heterocycles.